The highest BCUT2D eigenvalue weighted by atomic mass is 79.9. The van der Waals surface area contributed by atoms with E-state index in [-0.39, 0.29) is 23.9 Å². The Kier molecular flexibility index (Phi) is 9.61. The minimum absolute atomic E-state index is 0. The van der Waals surface area contributed by atoms with Crippen LogP contribution in [0.3, 0.4) is 0 Å². The van der Waals surface area contributed by atoms with Gasteiger partial charge in [-0.25, -0.2) is 0 Å². The van der Waals surface area contributed by atoms with Crippen molar-refractivity contribution in [3.8, 4) is 0 Å². The van der Waals surface area contributed by atoms with Crippen LogP contribution in [0.25, 0.3) is 0 Å². The zero-order valence-corrected chi connectivity index (χ0v) is 15.9. The molecule has 0 aliphatic rings. The van der Waals surface area contributed by atoms with Crippen LogP contribution in [-0.2, 0) is 4.79 Å². The van der Waals surface area contributed by atoms with Gasteiger partial charge in [-0.1, -0.05) is 29.8 Å². The molecule has 1 aromatic rings. The number of hydrogen-bond acceptors (Lipinski definition) is 3. The van der Waals surface area contributed by atoms with Gasteiger partial charge in [0.05, 0.1) is 5.54 Å². The van der Waals surface area contributed by atoms with Gasteiger partial charge in [-0.05, 0) is 37.1 Å². The predicted molar refractivity (Wildman–Crippen MR) is 97.2 cm³/mol. The highest BCUT2D eigenvalue weighted by molar-refractivity contribution is 9.10. The fourth-order valence-electron chi connectivity index (χ4n) is 1.60. The van der Waals surface area contributed by atoms with E-state index >= 15 is 0 Å². The first-order chi connectivity index (χ1) is 9.37. The number of carbonyl (C=O) groups excluding carboxylic acids is 1. The van der Waals surface area contributed by atoms with Crippen LogP contribution < -0.4 is 11.1 Å². The van der Waals surface area contributed by atoms with E-state index in [1.54, 1.807) is 11.8 Å². The van der Waals surface area contributed by atoms with E-state index in [1.165, 1.54) is 4.90 Å². The first-order valence-electron chi connectivity index (χ1n) is 6.77. The van der Waals surface area contributed by atoms with Gasteiger partial charge in [0.1, 0.15) is 0 Å². The Hall–Kier alpha value is -0.230. The molecule has 0 radical (unpaired) electrons. The molecule has 0 fully saturated rings. The van der Waals surface area contributed by atoms with Crippen molar-refractivity contribution in [2.45, 2.75) is 37.6 Å². The van der Waals surface area contributed by atoms with Gasteiger partial charge in [-0.15, -0.1) is 24.2 Å². The lowest BCUT2D eigenvalue weighted by atomic mass is 9.88. The van der Waals surface area contributed by atoms with E-state index in [1.807, 2.05) is 31.2 Å². The molecule has 6 heteroatoms. The van der Waals surface area contributed by atoms with Crippen molar-refractivity contribution in [1.29, 1.82) is 0 Å². The fraction of sp³-hybridized carbons (Fsp3) is 0.533. The minimum atomic E-state index is -0.320. The summed E-state index contributed by atoms with van der Waals surface area (Å²) in [7, 11) is 0. The summed E-state index contributed by atoms with van der Waals surface area (Å²) in [6.45, 7) is 6.60. The lowest BCUT2D eigenvalue weighted by Gasteiger charge is -2.33. The van der Waals surface area contributed by atoms with E-state index < -0.39 is 0 Å². The van der Waals surface area contributed by atoms with E-state index in [9.17, 15) is 4.79 Å². The number of hydrogen-bond donors (Lipinski definition) is 2. The molecule has 0 spiro atoms. The number of nitrogens with two attached hydrogens (primary N) is 1. The van der Waals surface area contributed by atoms with Crippen LogP contribution in [0, 0.1) is 5.92 Å². The van der Waals surface area contributed by atoms with Gasteiger partial charge in [-0.2, -0.15) is 0 Å². The summed E-state index contributed by atoms with van der Waals surface area (Å²) >= 11 is 5.09. The van der Waals surface area contributed by atoms with Crippen molar-refractivity contribution in [1.82, 2.24) is 5.32 Å². The quantitative estimate of drug-likeness (QED) is 0.690. The number of nitrogens with one attached hydrogen (secondary N) is 1. The molecule has 1 aromatic carbocycles. The number of thioether (sulfide) groups is 1. The van der Waals surface area contributed by atoms with Crippen LogP contribution in [0.2, 0.25) is 0 Å². The molecule has 1 unspecified atom stereocenters. The van der Waals surface area contributed by atoms with Crippen LogP contribution in [0.5, 0.6) is 0 Å². The van der Waals surface area contributed by atoms with Crippen LogP contribution in [0.15, 0.2) is 33.6 Å². The molecule has 3 N–H and O–H groups in total. The van der Waals surface area contributed by atoms with Gasteiger partial charge in [-0.3, -0.25) is 4.79 Å². The Morgan fingerprint density at radius 3 is 2.43 bits per heavy atom. The molecule has 0 aliphatic heterocycles. The van der Waals surface area contributed by atoms with Crippen LogP contribution in [0.1, 0.15) is 27.2 Å². The van der Waals surface area contributed by atoms with E-state index in [0.29, 0.717) is 18.9 Å². The van der Waals surface area contributed by atoms with Crippen molar-refractivity contribution >= 4 is 46.0 Å². The number of benzene rings is 1. The van der Waals surface area contributed by atoms with Crippen LogP contribution in [0.4, 0.5) is 0 Å². The number of amides is 1. The third-order valence-corrected chi connectivity index (χ3v) is 5.08. The summed E-state index contributed by atoms with van der Waals surface area (Å²) in [6, 6.07) is 8.11. The number of rotatable bonds is 7. The average molecular weight is 396 g/mol. The van der Waals surface area contributed by atoms with Crippen LogP contribution >= 0.6 is 40.1 Å². The van der Waals surface area contributed by atoms with Gasteiger partial charge in [0, 0.05) is 28.1 Å². The molecule has 1 amide bonds. The lowest BCUT2D eigenvalue weighted by Crippen LogP contribution is -2.55. The Morgan fingerprint density at radius 1 is 1.38 bits per heavy atom. The average Bonchev–Trinajstić information content (AvgIpc) is 2.40. The Labute approximate surface area is 146 Å². The molecule has 0 bridgehead atoms. The topological polar surface area (TPSA) is 55.1 Å². The molecular weight excluding hydrogens is 372 g/mol. The van der Waals surface area contributed by atoms with E-state index in [4.69, 9.17) is 5.73 Å². The standard InChI is InChI=1S/C15H23BrN2OS.ClH/c1-11(2)15(3,10-17)18-14(19)8-9-20-13-6-4-12(16)5-7-13;/h4-7,11H,8-10,17H2,1-3H3,(H,18,19);1H. The predicted octanol–water partition coefficient (Wildman–Crippen LogP) is 3.84. The minimum Gasteiger partial charge on any atom is -0.349 e. The zero-order chi connectivity index (χ0) is 15.2. The number of carbonyl (C=O) groups is 1. The molecule has 3 nitrogen and oxygen atoms in total. The monoisotopic (exact) mass is 394 g/mol. The highest BCUT2D eigenvalue weighted by Gasteiger charge is 2.28. The second-order valence-electron chi connectivity index (χ2n) is 5.38. The second kappa shape index (κ2) is 9.72. The molecule has 0 saturated heterocycles. The van der Waals surface area contributed by atoms with Crippen molar-refractivity contribution in [2.24, 2.45) is 11.7 Å². The smallest absolute Gasteiger partial charge is 0.221 e. The normalized spacial score (nSPS) is 13.4. The maximum Gasteiger partial charge on any atom is 0.221 e. The fourth-order valence-corrected chi connectivity index (χ4v) is 2.72. The van der Waals surface area contributed by atoms with Gasteiger partial charge in [0.2, 0.25) is 5.91 Å². The summed E-state index contributed by atoms with van der Waals surface area (Å²) < 4.78 is 1.07. The van der Waals surface area contributed by atoms with Gasteiger partial charge >= 0.3 is 0 Å². The molecule has 0 aromatic heterocycles. The molecule has 21 heavy (non-hydrogen) atoms. The second-order valence-corrected chi connectivity index (χ2v) is 7.46. The van der Waals surface area contributed by atoms with E-state index in [0.717, 1.165) is 10.2 Å². The Balaban J connectivity index is 0.00000400. The van der Waals surface area contributed by atoms with Crippen LogP contribution in [-0.4, -0.2) is 23.7 Å². The summed E-state index contributed by atoms with van der Waals surface area (Å²) in [4.78, 5) is 13.2. The summed E-state index contributed by atoms with van der Waals surface area (Å²) in [6.07, 6.45) is 0.503. The van der Waals surface area contributed by atoms with Gasteiger partial charge in [0.25, 0.3) is 0 Å². The van der Waals surface area contributed by atoms with E-state index in [2.05, 4.69) is 35.1 Å². The molecule has 0 aliphatic carbocycles. The summed E-state index contributed by atoms with van der Waals surface area (Å²) in [5.74, 6) is 1.15. The third kappa shape index (κ3) is 7.04. The molecule has 120 valence electrons. The highest BCUT2D eigenvalue weighted by Crippen LogP contribution is 2.21. The maximum atomic E-state index is 12.0. The molecule has 0 saturated carbocycles. The molecule has 1 atom stereocenters. The first-order valence-corrected chi connectivity index (χ1v) is 8.54. The molecular formula is C15H24BrClN2OS. The van der Waals surface area contributed by atoms with Crippen molar-refractivity contribution in [2.75, 3.05) is 12.3 Å². The van der Waals surface area contributed by atoms with Gasteiger partial charge < -0.3 is 11.1 Å². The van der Waals surface area contributed by atoms with Gasteiger partial charge in [0.15, 0.2) is 0 Å². The van der Waals surface area contributed by atoms with Crippen molar-refractivity contribution in [3.63, 3.8) is 0 Å². The third-order valence-electron chi connectivity index (χ3n) is 3.53. The zero-order valence-electron chi connectivity index (χ0n) is 12.7. The first kappa shape index (κ1) is 20.8. The molecule has 0 heterocycles. The Bertz CT molecular complexity index is 442. The van der Waals surface area contributed by atoms with Crippen molar-refractivity contribution < 1.29 is 4.79 Å². The lowest BCUT2D eigenvalue weighted by molar-refractivity contribution is -0.122. The maximum absolute atomic E-state index is 12.0. The molecule has 1 rings (SSSR count). The Morgan fingerprint density at radius 2 is 1.95 bits per heavy atom. The summed E-state index contributed by atoms with van der Waals surface area (Å²) in [5.41, 5.74) is 5.45. The largest absolute Gasteiger partial charge is 0.349 e. The SMILES string of the molecule is CC(C)C(C)(CN)NC(=O)CCSc1ccc(Br)cc1.Cl. The number of halogens is 2. The van der Waals surface area contributed by atoms with Crippen molar-refractivity contribution in [3.05, 3.63) is 28.7 Å². The summed E-state index contributed by atoms with van der Waals surface area (Å²) in [5, 5.41) is 3.05.